The second kappa shape index (κ2) is 6.78. The Hall–Kier alpha value is -1.26. The number of carbonyl (C=O) groups is 1. The second-order valence-electron chi connectivity index (χ2n) is 4.93. The molecular formula is C14H20ClN3O. The van der Waals surface area contributed by atoms with E-state index in [0.717, 1.165) is 13.0 Å². The van der Waals surface area contributed by atoms with Crippen LogP contribution in [0.5, 0.6) is 0 Å². The van der Waals surface area contributed by atoms with Crippen LogP contribution in [0.1, 0.15) is 29.6 Å². The predicted octanol–water partition coefficient (Wildman–Crippen LogP) is 2.14. The van der Waals surface area contributed by atoms with Gasteiger partial charge in [0.15, 0.2) is 0 Å². The van der Waals surface area contributed by atoms with Crippen LogP contribution >= 0.6 is 11.6 Å². The van der Waals surface area contributed by atoms with Crippen LogP contribution in [0.3, 0.4) is 0 Å². The number of hydrogen-bond acceptors (Lipinski definition) is 3. The summed E-state index contributed by atoms with van der Waals surface area (Å²) in [6, 6.07) is 4.90. The number of amides is 1. The first-order chi connectivity index (χ1) is 9.15. The minimum atomic E-state index is -0.115. The molecule has 1 aliphatic rings. The van der Waals surface area contributed by atoms with Crippen LogP contribution in [0.25, 0.3) is 0 Å². The summed E-state index contributed by atoms with van der Waals surface area (Å²) in [5.41, 5.74) is 6.69. The van der Waals surface area contributed by atoms with Gasteiger partial charge >= 0.3 is 0 Å². The number of halogens is 1. The summed E-state index contributed by atoms with van der Waals surface area (Å²) in [5, 5.41) is 3.39. The van der Waals surface area contributed by atoms with Crippen molar-refractivity contribution in [3.63, 3.8) is 0 Å². The Balaban J connectivity index is 1.74. The van der Waals surface area contributed by atoms with Crippen molar-refractivity contribution in [1.82, 2.24) is 10.2 Å². The zero-order valence-electron chi connectivity index (χ0n) is 11.0. The van der Waals surface area contributed by atoms with Gasteiger partial charge in [-0.25, -0.2) is 0 Å². The molecule has 3 N–H and O–H groups in total. The number of likely N-dealkylation sites (tertiary alicyclic amines) is 1. The molecule has 0 spiro atoms. The molecule has 1 aliphatic heterocycles. The lowest BCUT2D eigenvalue weighted by Crippen LogP contribution is -2.28. The fraction of sp³-hybridized carbons (Fsp3) is 0.500. The summed E-state index contributed by atoms with van der Waals surface area (Å²) in [4.78, 5) is 14.3. The number of anilines is 1. The largest absolute Gasteiger partial charge is 0.399 e. The third-order valence-corrected chi connectivity index (χ3v) is 3.54. The number of rotatable bonds is 5. The van der Waals surface area contributed by atoms with Gasteiger partial charge in [-0.3, -0.25) is 4.79 Å². The number of nitrogen functional groups attached to an aromatic ring is 1. The Morgan fingerprint density at radius 1 is 1.32 bits per heavy atom. The molecule has 0 saturated carbocycles. The van der Waals surface area contributed by atoms with Crippen molar-refractivity contribution >= 4 is 23.2 Å². The zero-order chi connectivity index (χ0) is 13.7. The summed E-state index contributed by atoms with van der Waals surface area (Å²) in [5.74, 6) is -0.115. The SMILES string of the molecule is Nc1cc(Cl)cc(C(=O)NCCCN2CCCC2)c1. The molecule has 4 nitrogen and oxygen atoms in total. The number of carbonyl (C=O) groups excluding carboxylic acids is 1. The fourth-order valence-electron chi connectivity index (χ4n) is 2.36. The van der Waals surface area contributed by atoms with E-state index in [4.69, 9.17) is 17.3 Å². The van der Waals surface area contributed by atoms with Crippen molar-refractivity contribution in [1.29, 1.82) is 0 Å². The van der Waals surface area contributed by atoms with E-state index in [1.54, 1.807) is 18.2 Å². The van der Waals surface area contributed by atoms with E-state index in [1.165, 1.54) is 25.9 Å². The standard InChI is InChI=1S/C14H20ClN3O/c15-12-8-11(9-13(16)10-12)14(19)17-4-3-7-18-5-1-2-6-18/h8-10H,1-7,16H2,(H,17,19). The van der Waals surface area contributed by atoms with Crippen LogP contribution in [0.15, 0.2) is 18.2 Å². The number of benzene rings is 1. The van der Waals surface area contributed by atoms with Gasteiger partial charge < -0.3 is 16.0 Å². The smallest absolute Gasteiger partial charge is 0.251 e. The monoisotopic (exact) mass is 281 g/mol. The predicted molar refractivity (Wildman–Crippen MR) is 78.5 cm³/mol. The molecule has 1 amide bonds. The van der Waals surface area contributed by atoms with E-state index in [9.17, 15) is 4.79 Å². The maximum atomic E-state index is 11.9. The second-order valence-corrected chi connectivity index (χ2v) is 5.37. The van der Waals surface area contributed by atoms with Crippen molar-refractivity contribution in [2.45, 2.75) is 19.3 Å². The maximum Gasteiger partial charge on any atom is 0.251 e. The van der Waals surface area contributed by atoms with Crippen molar-refractivity contribution < 1.29 is 4.79 Å². The van der Waals surface area contributed by atoms with Gasteiger partial charge in [0.05, 0.1) is 0 Å². The average molecular weight is 282 g/mol. The highest BCUT2D eigenvalue weighted by atomic mass is 35.5. The van der Waals surface area contributed by atoms with E-state index in [0.29, 0.717) is 22.8 Å². The third kappa shape index (κ3) is 4.40. The van der Waals surface area contributed by atoms with E-state index in [2.05, 4.69) is 10.2 Å². The minimum Gasteiger partial charge on any atom is -0.399 e. The number of hydrogen-bond donors (Lipinski definition) is 2. The fourth-order valence-corrected chi connectivity index (χ4v) is 2.60. The van der Waals surface area contributed by atoms with Crippen molar-refractivity contribution in [2.24, 2.45) is 0 Å². The Bertz CT molecular complexity index is 424. The Morgan fingerprint density at radius 3 is 2.74 bits per heavy atom. The van der Waals surface area contributed by atoms with Crippen LogP contribution < -0.4 is 11.1 Å². The van der Waals surface area contributed by atoms with Crippen LogP contribution in [0, 0.1) is 0 Å². The van der Waals surface area contributed by atoms with Crippen LogP contribution in [0.2, 0.25) is 5.02 Å². The summed E-state index contributed by atoms with van der Waals surface area (Å²) in [6.45, 7) is 4.12. The third-order valence-electron chi connectivity index (χ3n) is 3.32. The number of nitrogens with one attached hydrogen (secondary N) is 1. The van der Waals surface area contributed by atoms with E-state index >= 15 is 0 Å². The first kappa shape index (κ1) is 14.2. The summed E-state index contributed by atoms with van der Waals surface area (Å²) < 4.78 is 0. The van der Waals surface area contributed by atoms with Gasteiger partial charge in [-0.1, -0.05) is 11.6 Å². The number of nitrogens with zero attached hydrogens (tertiary/aromatic N) is 1. The molecule has 1 aromatic carbocycles. The first-order valence-electron chi connectivity index (χ1n) is 6.72. The van der Waals surface area contributed by atoms with Gasteiger partial charge in [-0.2, -0.15) is 0 Å². The first-order valence-corrected chi connectivity index (χ1v) is 7.09. The van der Waals surface area contributed by atoms with E-state index < -0.39 is 0 Å². The highest BCUT2D eigenvalue weighted by molar-refractivity contribution is 6.31. The summed E-state index contributed by atoms with van der Waals surface area (Å²) in [6.07, 6.45) is 3.57. The van der Waals surface area contributed by atoms with Crippen LogP contribution in [-0.4, -0.2) is 37.0 Å². The molecular weight excluding hydrogens is 262 g/mol. The van der Waals surface area contributed by atoms with Crippen molar-refractivity contribution in [3.8, 4) is 0 Å². The van der Waals surface area contributed by atoms with Crippen molar-refractivity contribution in [3.05, 3.63) is 28.8 Å². The molecule has 2 rings (SSSR count). The van der Waals surface area contributed by atoms with Gasteiger partial charge in [0.1, 0.15) is 0 Å². The lowest BCUT2D eigenvalue weighted by molar-refractivity contribution is 0.0952. The molecule has 1 saturated heterocycles. The molecule has 1 fully saturated rings. The van der Waals surface area contributed by atoms with Crippen LogP contribution in [-0.2, 0) is 0 Å². The van der Waals surface area contributed by atoms with Crippen LogP contribution in [0.4, 0.5) is 5.69 Å². The molecule has 1 aromatic rings. The van der Waals surface area contributed by atoms with Gasteiger partial charge in [-0.15, -0.1) is 0 Å². The van der Waals surface area contributed by atoms with Gasteiger partial charge in [0, 0.05) is 22.8 Å². The molecule has 5 heteroatoms. The molecule has 0 radical (unpaired) electrons. The maximum absolute atomic E-state index is 11.9. The Kier molecular flexibility index (Phi) is 5.05. The molecule has 0 aliphatic carbocycles. The van der Waals surface area contributed by atoms with Gasteiger partial charge in [0.2, 0.25) is 0 Å². The lowest BCUT2D eigenvalue weighted by atomic mass is 10.2. The average Bonchev–Trinajstić information content (AvgIpc) is 2.86. The Morgan fingerprint density at radius 2 is 2.05 bits per heavy atom. The molecule has 0 bridgehead atoms. The van der Waals surface area contributed by atoms with E-state index in [-0.39, 0.29) is 5.91 Å². The number of nitrogens with two attached hydrogens (primary N) is 1. The Labute approximate surface area is 118 Å². The molecule has 19 heavy (non-hydrogen) atoms. The molecule has 0 unspecified atom stereocenters. The topological polar surface area (TPSA) is 58.4 Å². The molecule has 0 aromatic heterocycles. The van der Waals surface area contributed by atoms with Gasteiger partial charge in [-0.05, 0) is 57.1 Å². The summed E-state index contributed by atoms with van der Waals surface area (Å²) in [7, 11) is 0. The highest BCUT2D eigenvalue weighted by Gasteiger charge is 2.11. The lowest BCUT2D eigenvalue weighted by Gasteiger charge is -2.14. The normalized spacial score (nSPS) is 15.6. The van der Waals surface area contributed by atoms with Crippen molar-refractivity contribution in [2.75, 3.05) is 31.9 Å². The van der Waals surface area contributed by atoms with Gasteiger partial charge in [0.25, 0.3) is 5.91 Å². The molecule has 1 heterocycles. The molecule has 104 valence electrons. The van der Waals surface area contributed by atoms with E-state index in [1.807, 2.05) is 0 Å². The summed E-state index contributed by atoms with van der Waals surface area (Å²) >= 11 is 5.87. The zero-order valence-corrected chi connectivity index (χ0v) is 11.7. The minimum absolute atomic E-state index is 0.115. The highest BCUT2D eigenvalue weighted by Crippen LogP contribution is 2.16. The quantitative estimate of drug-likeness (QED) is 0.642. The molecule has 0 atom stereocenters.